The molecule has 0 aliphatic heterocycles. The van der Waals surface area contributed by atoms with Crippen molar-refractivity contribution in [3.8, 4) is 0 Å². The topological polar surface area (TPSA) is 41.9 Å². The van der Waals surface area contributed by atoms with Gasteiger partial charge in [0.1, 0.15) is 11.6 Å². The highest BCUT2D eigenvalue weighted by atomic mass is 32.1. The number of halogens is 2. The summed E-state index contributed by atoms with van der Waals surface area (Å²) in [6, 6.07) is 14.3. The molecule has 2 N–H and O–H groups in total. The van der Waals surface area contributed by atoms with E-state index >= 15 is 0 Å². The molecule has 0 radical (unpaired) electrons. The number of thiocarbonyl (C=S) groups is 1. The van der Waals surface area contributed by atoms with E-state index < -0.39 is 0 Å². The minimum atomic E-state index is -0.267. The van der Waals surface area contributed by atoms with Gasteiger partial charge >= 0.3 is 0 Å². The van der Waals surface area contributed by atoms with Crippen LogP contribution in [0.15, 0.2) is 60.8 Å². The van der Waals surface area contributed by atoms with Gasteiger partial charge in [0.25, 0.3) is 0 Å². The Hall–Kier alpha value is -2.80. The van der Waals surface area contributed by atoms with Crippen LogP contribution in [0.25, 0.3) is 0 Å². The van der Waals surface area contributed by atoms with E-state index in [9.17, 15) is 8.78 Å². The lowest BCUT2D eigenvalue weighted by atomic mass is 10.2. The Labute approximate surface area is 149 Å². The minimum Gasteiger partial charge on any atom is -0.358 e. The maximum atomic E-state index is 12.9. The molecule has 1 heterocycles. The van der Waals surface area contributed by atoms with Gasteiger partial charge in [0, 0.05) is 18.8 Å². The third-order valence-electron chi connectivity index (χ3n) is 3.51. The predicted octanol–water partition coefficient (Wildman–Crippen LogP) is 3.70. The largest absolute Gasteiger partial charge is 0.358 e. The molecule has 3 aromatic rings. The highest BCUT2D eigenvalue weighted by Crippen LogP contribution is 2.08. The van der Waals surface area contributed by atoms with Crippen molar-refractivity contribution in [3.05, 3.63) is 83.6 Å². The second-order valence-electron chi connectivity index (χ2n) is 5.46. The Bertz CT molecular complexity index is 844. The lowest BCUT2D eigenvalue weighted by Gasteiger charge is -2.08. The molecule has 0 aliphatic rings. The first-order valence-electron chi connectivity index (χ1n) is 7.66. The summed E-state index contributed by atoms with van der Waals surface area (Å²) in [6.07, 6.45) is 1.81. The molecule has 2 aromatic carbocycles. The second kappa shape index (κ2) is 7.85. The first-order valence-corrected chi connectivity index (χ1v) is 8.06. The summed E-state index contributed by atoms with van der Waals surface area (Å²) in [6.45, 7) is 1.03. The number of nitrogens with zero attached hydrogens (tertiary/aromatic N) is 2. The van der Waals surface area contributed by atoms with E-state index in [1.54, 1.807) is 35.0 Å². The van der Waals surface area contributed by atoms with Gasteiger partial charge in [-0.1, -0.05) is 24.3 Å². The van der Waals surface area contributed by atoms with E-state index in [0.717, 1.165) is 11.1 Å². The zero-order valence-corrected chi connectivity index (χ0v) is 14.1. The number of hydrogen-bond acceptors (Lipinski definition) is 2. The van der Waals surface area contributed by atoms with Crippen molar-refractivity contribution in [2.45, 2.75) is 13.1 Å². The summed E-state index contributed by atoms with van der Waals surface area (Å²) >= 11 is 5.23. The quantitative estimate of drug-likeness (QED) is 0.683. The average Bonchev–Trinajstić information content (AvgIpc) is 3.03. The van der Waals surface area contributed by atoms with E-state index in [4.69, 9.17) is 12.2 Å². The van der Waals surface area contributed by atoms with Crippen molar-refractivity contribution in [1.82, 2.24) is 15.1 Å². The zero-order valence-electron chi connectivity index (χ0n) is 13.2. The van der Waals surface area contributed by atoms with Crippen LogP contribution in [0, 0.1) is 11.6 Å². The van der Waals surface area contributed by atoms with Crippen LogP contribution in [-0.2, 0) is 13.1 Å². The molecule has 0 fully saturated rings. The van der Waals surface area contributed by atoms with Crippen LogP contribution >= 0.6 is 12.2 Å². The van der Waals surface area contributed by atoms with Gasteiger partial charge < -0.3 is 10.6 Å². The molecular formula is C18H16F2N4S. The zero-order chi connectivity index (χ0) is 17.6. The monoisotopic (exact) mass is 358 g/mol. The van der Waals surface area contributed by atoms with Crippen LogP contribution in [0.2, 0.25) is 0 Å². The van der Waals surface area contributed by atoms with Crippen LogP contribution < -0.4 is 10.6 Å². The van der Waals surface area contributed by atoms with Crippen molar-refractivity contribution < 1.29 is 8.78 Å². The highest BCUT2D eigenvalue weighted by molar-refractivity contribution is 7.80. The number of hydrogen-bond donors (Lipinski definition) is 2. The highest BCUT2D eigenvalue weighted by Gasteiger charge is 2.03. The lowest BCUT2D eigenvalue weighted by molar-refractivity contribution is 0.624. The van der Waals surface area contributed by atoms with Crippen molar-refractivity contribution >= 4 is 23.1 Å². The number of rotatable bonds is 5. The molecule has 0 aliphatic carbocycles. The summed E-state index contributed by atoms with van der Waals surface area (Å²) in [4.78, 5) is 0. The van der Waals surface area contributed by atoms with Gasteiger partial charge in [-0.05, 0) is 47.6 Å². The third-order valence-corrected chi connectivity index (χ3v) is 3.75. The number of anilines is 1. The lowest BCUT2D eigenvalue weighted by Crippen LogP contribution is -2.28. The summed E-state index contributed by atoms with van der Waals surface area (Å²) in [5.41, 5.74) is 1.88. The van der Waals surface area contributed by atoms with E-state index in [2.05, 4.69) is 15.7 Å². The standard InChI is InChI=1S/C18H16F2N4S/c19-15-5-1-13(2-6-15)11-21-18(25)22-17-9-10-24(23-17)12-14-3-7-16(20)8-4-14/h1-10H,11-12H2,(H2,21,22,23,25). The fourth-order valence-electron chi connectivity index (χ4n) is 2.24. The van der Waals surface area contributed by atoms with E-state index in [0.29, 0.717) is 24.0 Å². The minimum absolute atomic E-state index is 0.260. The second-order valence-corrected chi connectivity index (χ2v) is 5.87. The SMILES string of the molecule is Fc1ccc(CNC(=S)Nc2ccn(Cc3ccc(F)cc3)n2)cc1. The van der Waals surface area contributed by atoms with Crippen LogP contribution in [0.3, 0.4) is 0 Å². The maximum Gasteiger partial charge on any atom is 0.172 e. The molecule has 0 amide bonds. The molecule has 0 saturated heterocycles. The first-order chi connectivity index (χ1) is 12.1. The molecule has 0 bridgehead atoms. The summed E-state index contributed by atoms with van der Waals surface area (Å²) < 4.78 is 27.5. The predicted molar refractivity (Wildman–Crippen MR) is 97.2 cm³/mol. The Morgan fingerprint density at radius 3 is 2.16 bits per heavy atom. The van der Waals surface area contributed by atoms with Crippen molar-refractivity contribution in [2.75, 3.05) is 5.32 Å². The van der Waals surface area contributed by atoms with E-state index in [-0.39, 0.29) is 11.6 Å². The molecule has 128 valence electrons. The fourth-order valence-corrected chi connectivity index (χ4v) is 2.42. The summed E-state index contributed by atoms with van der Waals surface area (Å²) in [5, 5.41) is 10.8. The maximum absolute atomic E-state index is 12.9. The number of aromatic nitrogens is 2. The molecular weight excluding hydrogens is 342 g/mol. The number of nitrogens with one attached hydrogen (secondary N) is 2. The van der Waals surface area contributed by atoms with Gasteiger partial charge in [0.2, 0.25) is 0 Å². The summed E-state index contributed by atoms with van der Waals surface area (Å²) in [5.74, 6) is 0.0824. The molecule has 1 aromatic heterocycles. The number of benzene rings is 2. The molecule has 7 heteroatoms. The van der Waals surface area contributed by atoms with Gasteiger partial charge in [-0.3, -0.25) is 4.68 Å². The van der Waals surface area contributed by atoms with Gasteiger partial charge in [-0.15, -0.1) is 0 Å². The Morgan fingerprint density at radius 2 is 1.52 bits per heavy atom. The van der Waals surface area contributed by atoms with Gasteiger partial charge in [0.15, 0.2) is 10.9 Å². The molecule has 0 spiro atoms. The van der Waals surface area contributed by atoms with Crippen LogP contribution in [-0.4, -0.2) is 14.9 Å². The first kappa shape index (κ1) is 17.0. The molecule has 0 unspecified atom stereocenters. The van der Waals surface area contributed by atoms with Gasteiger partial charge in [-0.25, -0.2) is 8.78 Å². The van der Waals surface area contributed by atoms with E-state index in [1.165, 1.54) is 24.3 Å². The smallest absolute Gasteiger partial charge is 0.172 e. The molecule has 3 rings (SSSR count). The van der Waals surface area contributed by atoms with Crippen molar-refractivity contribution in [3.63, 3.8) is 0 Å². The fraction of sp³-hybridized carbons (Fsp3) is 0.111. The van der Waals surface area contributed by atoms with Crippen LogP contribution in [0.5, 0.6) is 0 Å². The average molecular weight is 358 g/mol. The molecule has 4 nitrogen and oxygen atoms in total. The Morgan fingerprint density at radius 1 is 0.920 bits per heavy atom. The van der Waals surface area contributed by atoms with Gasteiger partial charge in [-0.2, -0.15) is 5.10 Å². The van der Waals surface area contributed by atoms with Crippen LogP contribution in [0.4, 0.5) is 14.6 Å². The Kier molecular flexibility index (Phi) is 5.35. The Balaban J connectivity index is 1.51. The normalized spacial score (nSPS) is 10.5. The van der Waals surface area contributed by atoms with E-state index in [1.807, 2.05) is 6.20 Å². The van der Waals surface area contributed by atoms with Gasteiger partial charge in [0.05, 0.1) is 6.54 Å². The van der Waals surface area contributed by atoms with Crippen LogP contribution in [0.1, 0.15) is 11.1 Å². The molecule has 0 saturated carbocycles. The van der Waals surface area contributed by atoms with Crippen molar-refractivity contribution in [2.24, 2.45) is 0 Å². The molecule has 0 atom stereocenters. The summed E-state index contributed by atoms with van der Waals surface area (Å²) in [7, 11) is 0. The molecule has 25 heavy (non-hydrogen) atoms. The third kappa shape index (κ3) is 5.09. The van der Waals surface area contributed by atoms with Crippen molar-refractivity contribution in [1.29, 1.82) is 0 Å².